The summed E-state index contributed by atoms with van der Waals surface area (Å²) in [5.41, 5.74) is 3.72. The minimum atomic E-state index is -3.37. The largest absolute Gasteiger partial charge is 0.294 e. The summed E-state index contributed by atoms with van der Waals surface area (Å²) in [4.78, 5) is 6.84. The zero-order valence-electron chi connectivity index (χ0n) is 15.1. The van der Waals surface area contributed by atoms with Crippen LogP contribution in [-0.4, -0.2) is 48.3 Å². The Kier molecular flexibility index (Phi) is 4.82. The third-order valence-electron chi connectivity index (χ3n) is 5.59. The van der Waals surface area contributed by atoms with Crippen LogP contribution in [0.2, 0.25) is 0 Å². The highest BCUT2D eigenvalue weighted by atomic mass is 32.2. The van der Waals surface area contributed by atoms with E-state index >= 15 is 0 Å². The van der Waals surface area contributed by atoms with Crippen molar-refractivity contribution in [2.24, 2.45) is 0 Å². The molecule has 1 aromatic carbocycles. The fourth-order valence-electron chi connectivity index (χ4n) is 3.92. The fraction of sp³-hybridized carbons (Fsp3) is 0.450. The van der Waals surface area contributed by atoms with Gasteiger partial charge in [0.05, 0.1) is 4.90 Å². The van der Waals surface area contributed by atoms with E-state index < -0.39 is 10.0 Å². The van der Waals surface area contributed by atoms with Gasteiger partial charge in [0, 0.05) is 38.1 Å². The molecule has 4 rings (SSSR count). The number of aromatic nitrogens is 1. The Morgan fingerprint density at radius 1 is 1.12 bits per heavy atom. The molecule has 2 aliphatic rings. The number of pyridine rings is 1. The van der Waals surface area contributed by atoms with Crippen LogP contribution in [0.3, 0.4) is 0 Å². The van der Waals surface area contributed by atoms with Crippen molar-refractivity contribution in [3.63, 3.8) is 0 Å². The number of rotatable bonds is 6. The van der Waals surface area contributed by atoms with Crippen molar-refractivity contribution in [1.82, 2.24) is 14.2 Å². The molecule has 0 N–H and O–H groups in total. The van der Waals surface area contributed by atoms with Gasteiger partial charge in [-0.2, -0.15) is 4.31 Å². The summed E-state index contributed by atoms with van der Waals surface area (Å²) in [6.45, 7) is 4.99. The van der Waals surface area contributed by atoms with Crippen LogP contribution in [0.1, 0.15) is 30.0 Å². The van der Waals surface area contributed by atoms with E-state index in [1.807, 2.05) is 24.3 Å². The Morgan fingerprint density at radius 2 is 1.85 bits per heavy atom. The van der Waals surface area contributed by atoms with Crippen LogP contribution < -0.4 is 0 Å². The van der Waals surface area contributed by atoms with E-state index in [9.17, 15) is 8.42 Å². The van der Waals surface area contributed by atoms with Crippen LogP contribution in [-0.2, 0) is 29.4 Å². The average molecular weight is 372 g/mol. The summed E-state index contributed by atoms with van der Waals surface area (Å²) in [6.07, 6.45) is 6.80. The fourth-order valence-corrected chi connectivity index (χ4v) is 5.49. The summed E-state index contributed by atoms with van der Waals surface area (Å²) in [5.74, 6) is 0. The number of aryl methyl sites for hydroxylation is 2. The second-order valence-corrected chi connectivity index (χ2v) is 9.12. The minimum absolute atomic E-state index is 0.275. The van der Waals surface area contributed by atoms with Crippen molar-refractivity contribution in [2.45, 2.75) is 43.7 Å². The average Bonchev–Trinajstić information content (AvgIpc) is 3.08. The molecule has 0 amide bonds. The number of hydrogen-bond acceptors (Lipinski definition) is 4. The smallest absolute Gasteiger partial charge is 0.243 e. The SMILES string of the molecule is CCN(Cc1ccncc1)C1CN(S(=O)(=O)c2ccc3c(c2)CCC3)C1. The summed E-state index contributed by atoms with van der Waals surface area (Å²) in [5, 5.41) is 0. The second kappa shape index (κ2) is 7.10. The van der Waals surface area contributed by atoms with E-state index in [1.165, 1.54) is 16.7 Å². The molecule has 5 nitrogen and oxygen atoms in total. The molecule has 1 saturated heterocycles. The van der Waals surface area contributed by atoms with Gasteiger partial charge in [-0.05, 0) is 66.8 Å². The van der Waals surface area contributed by atoms with Crippen LogP contribution in [0.15, 0.2) is 47.6 Å². The van der Waals surface area contributed by atoms with Gasteiger partial charge >= 0.3 is 0 Å². The zero-order chi connectivity index (χ0) is 18.1. The van der Waals surface area contributed by atoms with Gasteiger partial charge in [-0.1, -0.05) is 13.0 Å². The maximum atomic E-state index is 12.9. The van der Waals surface area contributed by atoms with Crippen LogP contribution in [0.5, 0.6) is 0 Å². The van der Waals surface area contributed by atoms with E-state index in [-0.39, 0.29) is 6.04 Å². The lowest BCUT2D eigenvalue weighted by atomic mass is 10.1. The third-order valence-corrected chi connectivity index (χ3v) is 7.42. The second-order valence-electron chi connectivity index (χ2n) is 7.18. The van der Waals surface area contributed by atoms with E-state index in [1.54, 1.807) is 22.8 Å². The molecule has 1 fully saturated rings. The first kappa shape index (κ1) is 17.6. The van der Waals surface area contributed by atoms with Crippen molar-refractivity contribution in [1.29, 1.82) is 0 Å². The van der Waals surface area contributed by atoms with Crippen LogP contribution in [0.25, 0.3) is 0 Å². The highest BCUT2D eigenvalue weighted by Gasteiger charge is 2.39. The Balaban J connectivity index is 1.43. The van der Waals surface area contributed by atoms with Crippen LogP contribution in [0, 0.1) is 0 Å². The van der Waals surface area contributed by atoms with Crippen molar-refractivity contribution < 1.29 is 8.42 Å². The molecule has 1 aliphatic heterocycles. The van der Waals surface area contributed by atoms with Crippen molar-refractivity contribution in [3.05, 3.63) is 59.4 Å². The Morgan fingerprint density at radius 3 is 2.58 bits per heavy atom. The van der Waals surface area contributed by atoms with Crippen molar-refractivity contribution in [3.8, 4) is 0 Å². The van der Waals surface area contributed by atoms with E-state index in [2.05, 4.69) is 16.8 Å². The molecule has 2 heterocycles. The van der Waals surface area contributed by atoms with Gasteiger partial charge in [-0.15, -0.1) is 0 Å². The summed E-state index contributed by atoms with van der Waals surface area (Å²) in [7, 11) is -3.37. The molecule has 2 aromatic rings. The predicted molar refractivity (Wildman–Crippen MR) is 101 cm³/mol. The molecule has 1 aliphatic carbocycles. The first-order valence-electron chi connectivity index (χ1n) is 9.33. The molecule has 26 heavy (non-hydrogen) atoms. The van der Waals surface area contributed by atoms with Crippen LogP contribution >= 0.6 is 0 Å². The lowest BCUT2D eigenvalue weighted by Crippen LogP contribution is -2.60. The molecule has 0 unspecified atom stereocenters. The Bertz CT molecular complexity index is 877. The molecule has 138 valence electrons. The molecule has 0 spiro atoms. The topological polar surface area (TPSA) is 53.5 Å². The Hall–Kier alpha value is -1.76. The molecule has 0 saturated carbocycles. The van der Waals surface area contributed by atoms with Gasteiger partial charge in [-0.25, -0.2) is 8.42 Å². The van der Waals surface area contributed by atoms with E-state index in [4.69, 9.17) is 0 Å². The highest BCUT2D eigenvalue weighted by molar-refractivity contribution is 7.89. The quantitative estimate of drug-likeness (QED) is 0.783. The minimum Gasteiger partial charge on any atom is -0.294 e. The summed E-state index contributed by atoms with van der Waals surface area (Å²) < 4.78 is 27.5. The van der Waals surface area contributed by atoms with Gasteiger partial charge in [0.1, 0.15) is 0 Å². The summed E-state index contributed by atoms with van der Waals surface area (Å²) in [6, 6.07) is 9.97. The summed E-state index contributed by atoms with van der Waals surface area (Å²) >= 11 is 0. The predicted octanol–water partition coefficient (Wildman–Crippen LogP) is 2.47. The van der Waals surface area contributed by atoms with Gasteiger partial charge in [0.25, 0.3) is 0 Å². The maximum absolute atomic E-state index is 12.9. The number of sulfonamides is 1. The Labute approximate surface area is 155 Å². The molecule has 6 heteroatoms. The number of nitrogens with zero attached hydrogens (tertiary/aromatic N) is 3. The maximum Gasteiger partial charge on any atom is 0.243 e. The van der Waals surface area contributed by atoms with E-state index in [0.29, 0.717) is 18.0 Å². The zero-order valence-corrected chi connectivity index (χ0v) is 16.0. The van der Waals surface area contributed by atoms with Gasteiger partial charge in [0.15, 0.2) is 0 Å². The molecule has 0 bridgehead atoms. The van der Waals surface area contributed by atoms with Gasteiger partial charge in [0.2, 0.25) is 10.0 Å². The normalized spacial score (nSPS) is 18.1. The number of fused-ring (bicyclic) bond motifs is 1. The lowest BCUT2D eigenvalue weighted by Gasteiger charge is -2.44. The van der Waals surface area contributed by atoms with Crippen LogP contribution in [0.4, 0.5) is 0 Å². The molecule has 1 aromatic heterocycles. The standard InChI is InChI=1S/C20H25N3O2S/c1-2-22(13-16-8-10-21-11-9-16)19-14-23(15-19)26(24,25)20-7-6-17-4-3-5-18(17)12-20/h6-12,19H,2-5,13-15H2,1H3. The first-order chi connectivity index (χ1) is 12.6. The molecule has 0 atom stereocenters. The van der Waals surface area contributed by atoms with Gasteiger partial charge in [-0.3, -0.25) is 9.88 Å². The van der Waals surface area contributed by atoms with Crippen molar-refractivity contribution >= 4 is 10.0 Å². The highest BCUT2D eigenvalue weighted by Crippen LogP contribution is 2.29. The number of likely N-dealkylation sites (N-methyl/N-ethyl adjacent to an activating group) is 1. The molecular formula is C20H25N3O2S. The molecular weight excluding hydrogens is 346 g/mol. The lowest BCUT2D eigenvalue weighted by molar-refractivity contribution is 0.0863. The number of benzene rings is 1. The van der Waals surface area contributed by atoms with Crippen molar-refractivity contribution in [2.75, 3.05) is 19.6 Å². The monoisotopic (exact) mass is 371 g/mol. The van der Waals surface area contributed by atoms with Gasteiger partial charge < -0.3 is 0 Å². The first-order valence-corrected chi connectivity index (χ1v) is 10.8. The third kappa shape index (κ3) is 3.29. The molecule has 0 radical (unpaired) electrons. The number of hydrogen-bond donors (Lipinski definition) is 0. The van der Waals surface area contributed by atoms with E-state index in [0.717, 1.165) is 32.4 Å².